The highest BCUT2D eigenvalue weighted by atomic mass is 16.6. The van der Waals surface area contributed by atoms with E-state index in [0.29, 0.717) is 28.7 Å². The van der Waals surface area contributed by atoms with Gasteiger partial charge in [0, 0.05) is 18.2 Å². The van der Waals surface area contributed by atoms with Crippen molar-refractivity contribution in [2.24, 2.45) is 0 Å². The first-order valence-corrected chi connectivity index (χ1v) is 10.6. The number of benzene rings is 3. The molecule has 0 spiro atoms. The highest BCUT2D eigenvalue weighted by molar-refractivity contribution is 6.04. The van der Waals surface area contributed by atoms with Crippen molar-refractivity contribution >= 4 is 11.6 Å². The molecule has 0 unspecified atom stereocenters. The number of ether oxygens (including phenoxy) is 4. The van der Waals surface area contributed by atoms with Gasteiger partial charge in [-0.05, 0) is 35.7 Å². The highest BCUT2D eigenvalue weighted by Gasteiger charge is 2.19. The van der Waals surface area contributed by atoms with Crippen LogP contribution < -0.4 is 24.3 Å². The predicted octanol–water partition coefficient (Wildman–Crippen LogP) is 5.94. The Morgan fingerprint density at radius 2 is 1.41 bits per heavy atom. The molecule has 174 valence electrons. The van der Waals surface area contributed by atoms with E-state index in [1.807, 2.05) is 42.5 Å². The lowest BCUT2D eigenvalue weighted by molar-refractivity contribution is 0.0991. The first-order valence-electron chi connectivity index (χ1n) is 10.6. The zero-order valence-corrected chi connectivity index (χ0v) is 19.2. The largest absolute Gasteiger partial charge is 0.496 e. The minimum atomic E-state index is -0.477. The van der Waals surface area contributed by atoms with Crippen molar-refractivity contribution in [3.05, 3.63) is 95.7 Å². The van der Waals surface area contributed by atoms with E-state index in [0.717, 1.165) is 6.42 Å². The third kappa shape index (κ3) is 5.32. The van der Waals surface area contributed by atoms with Crippen LogP contribution in [0.15, 0.2) is 83.3 Å². The monoisotopic (exact) mass is 459 g/mol. The summed E-state index contributed by atoms with van der Waals surface area (Å²) in [6.07, 6.45) is 0.838. The van der Waals surface area contributed by atoms with Crippen molar-refractivity contribution in [3.8, 4) is 28.9 Å². The second kappa shape index (κ2) is 10.5. The van der Waals surface area contributed by atoms with E-state index in [1.54, 1.807) is 18.2 Å². The van der Waals surface area contributed by atoms with Gasteiger partial charge in [0.15, 0.2) is 5.76 Å². The molecule has 0 saturated carbocycles. The maximum Gasteiger partial charge on any atom is 0.291 e. The molecule has 0 aliphatic heterocycles. The van der Waals surface area contributed by atoms with Gasteiger partial charge in [0.1, 0.15) is 28.7 Å². The van der Waals surface area contributed by atoms with Crippen molar-refractivity contribution in [1.82, 2.24) is 0 Å². The average molecular weight is 459 g/mol. The van der Waals surface area contributed by atoms with Crippen LogP contribution in [0.25, 0.3) is 0 Å². The third-order valence-electron chi connectivity index (χ3n) is 5.15. The molecule has 0 bridgehead atoms. The van der Waals surface area contributed by atoms with Crippen LogP contribution in [0.4, 0.5) is 5.69 Å². The molecule has 0 radical (unpaired) electrons. The molecule has 4 rings (SSSR count). The molecule has 1 N–H and O–H groups in total. The number of amides is 1. The normalized spacial score (nSPS) is 10.4. The Morgan fingerprint density at radius 3 is 2.03 bits per heavy atom. The Balaban J connectivity index is 1.43. The van der Waals surface area contributed by atoms with Crippen LogP contribution in [0.3, 0.4) is 0 Å². The first kappa shape index (κ1) is 22.8. The number of carbonyl (C=O) groups excluding carboxylic acids is 1. The number of nitrogens with one attached hydrogen (secondary N) is 1. The maximum absolute atomic E-state index is 12.8. The molecule has 0 aliphatic rings. The fourth-order valence-corrected chi connectivity index (χ4v) is 3.42. The summed E-state index contributed by atoms with van der Waals surface area (Å²) in [4.78, 5) is 12.8. The molecule has 7 nitrogen and oxygen atoms in total. The van der Waals surface area contributed by atoms with Gasteiger partial charge in [-0.1, -0.05) is 42.5 Å². The van der Waals surface area contributed by atoms with Gasteiger partial charge in [0.05, 0.1) is 21.3 Å². The highest BCUT2D eigenvalue weighted by Crippen LogP contribution is 2.39. The lowest BCUT2D eigenvalue weighted by Crippen LogP contribution is -2.13. The van der Waals surface area contributed by atoms with Crippen molar-refractivity contribution in [3.63, 3.8) is 0 Å². The molecule has 0 saturated heterocycles. The molecule has 1 aromatic heterocycles. The molecule has 0 atom stereocenters. The number of hydrogen-bond donors (Lipinski definition) is 1. The van der Waals surface area contributed by atoms with Gasteiger partial charge in [-0.3, -0.25) is 4.79 Å². The summed E-state index contributed by atoms with van der Waals surface area (Å²) in [5.41, 5.74) is 2.77. The summed E-state index contributed by atoms with van der Waals surface area (Å²) < 4.78 is 27.3. The van der Waals surface area contributed by atoms with Crippen LogP contribution >= 0.6 is 0 Å². The summed E-state index contributed by atoms with van der Waals surface area (Å²) in [7, 11) is 4.52. The van der Waals surface area contributed by atoms with Gasteiger partial charge in [-0.25, -0.2) is 0 Å². The van der Waals surface area contributed by atoms with Gasteiger partial charge in [-0.2, -0.15) is 0 Å². The fourth-order valence-electron chi connectivity index (χ4n) is 3.42. The van der Waals surface area contributed by atoms with E-state index in [9.17, 15) is 4.79 Å². The van der Waals surface area contributed by atoms with E-state index in [4.69, 9.17) is 23.4 Å². The number of anilines is 1. The standard InChI is InChI=1S/C27H25NO6/c1-30-21-16-23(31-2)26(24(17-21)32-3)28-27(29)22-13-14-25(34-22)33-20-11-9-19(10-12-20)15-18-7-5-4-6-8-18/h4-14,16-17H,15H2,1-3H3,(H,28,29). The minimum Gasteiger partial charge on any atom is -0.496 e. The molecular formula is C27H25NO6. The third-order valence-corrected chi connectivity index (χ3v) is 5.15. The summed E-state index contributed by atoms with van der Waals surface area (Å²) in [5, 5.41) is 2.76. The second-order valence-corrected chi connectivity index (χ2v) is 7.39. The second-order valence-electron chi connectivity index (χ2n) is 7.39. The number of carbonyl (C=O) groups is 1. The summed E-state index contributed by atoms with van der Waals surface area (Å²) >= 11 is 0. The lowest BCUT2D eigenvalue weighted by atomic mass is 10.1. The minimum absolute atomic E-state index is 0.0793. The van der Waals surface area contributed by atoms with Crippen molar-refractivity contribution < 1.29 is 28.2 Å². The number of hydrogen-bond acceptors (Lipinski definition) is 6. The van der Waals surface area contributed by atoms with Crippen LogP contribution in [0.5, 0.6) is 28.9 Å². The molecular weight excluding hydrogens is 434 g/mol. The Hall–Kier alpha value is -4.39. The van der Waals surface area contributed by atoms with Crippen molar-refractivity contribution in [2.75, 3.05) is 26.6 Å². The molecule has 3 aromatic carbocycles. The SMILES string of the molecule is COc1cc(OC)c(NC(=O)c2ccc(Oc3ccc(Cc4ccccc4)cc3)o2)c(OC)c1. The zero-order chi connectivity index (χ0) is 23.9. The van der Waals surface area contributed by atoms with Crippen LogP contribution in [-0.4, -0.2) is 27.2 Å². The fraction of sp³-hybridized carbons (Fsp3) is 0.148. The molecule has 34 heavy (non-hydrogen) atoms. The van der Waals surface area contributed by atoms with E-state index >= 15 is 0 Å². The lowest BCUT2D eigenvalue weighted by Gasteiger charge is -2.15. The Bertz CT molecular complexity index is 1220. The van der Waals surface area contributed by atoms with Gasteiger partial charge < -0.3 is 28.7 Å². The predicted molar refractivity (Wildman–Crippen MR) is 129 cm³/mol. The number of rotatable bonds is 9. The van der Waals surface area contributed by atoms with E-state index in [1.165, 1.54) is 38.5 Å². The summed E-state index contributed by atoms with van der Waals surface area (Å²) in [6.45, 7) is 0. The molecule has 4 aromatic rings. The Morgan fingerprint density at radius 1 is 0.765 bits per heavy atom. The number of furan rings is 1. The van der Waals surface area contributed by atoms with Crippen LogP contribution in [0.2, 0.25) is 0 Å². The van der Waals surface area contributed by atoms with E-state index in [2.05, 4.69) is 17.4 Å². The van der Waals surface area contributed by atoms with Crippen LogP contribution in [0.1, 0.15) is 21.7 Å². The average Bonchev–Trinajstić information content (AvgIpc) is 3.34. The molecule has 7 heteroatoms. The van der Waals surface area contributed by atoms with E-state index in [-0.39, 0.29) is 11.7 Å². The van der Waals surface area contributed by atoms with Gasteiger partial charge in [0.25, 0.3) is 11.9 Å². The molecule has 1 amide bonds. The van der Waals surface area contributed by atoms with Crippen LogP contribution in [0, 0.1) is 0 Å². The smallest absolute Gasteiger partial charge is 0.291 e. The summed E-state index contributed by atoms with van der Waals surface area (Å²) in [6, 6.07) is 24.4. The van der Waals surface area contributed by atoms with Crippen molar-refractivity contribution in [2.45, 2.75) is 6.42 Å². The summed E-state index contributed by atoms with van der Waals surface area (Å²) in [5.74, 6) is 1.73. The number of methoxy groups -OCH3 is 3. The molecule has 1 heterocycles. The zero-order valence-electron chi connectivity index (χ0n) is 19.2. The topological polar surface area (TPSA) is 79.2 Å². The Kier molecular flexibility index (Phi) is 7.03. The maximum atomic E-state index is 12.8. The van der Waals surface area contributed by atoms with Gasteiger partial charge in [-0.15, -0.1) is 0 Å². The Labute approximate surface area is 197 Å². The van der Waals surface area contributed by atoms with Crippen LogP contribution in [-0.2, 0) is 6.42 Å². The van der Waals surface area contributed by atoms with Gasteiger partial charge >= 0.3 is 0 Å². The first-order chi connectivity index (χ1) is 16.6. The van der Waals surface area contributed by atoms with Crippen molar-refractivity contribution in [1.29, 1.82) is 0 Å². The quantitative estimate of drug-likeness (QED) is 0.334. The molecule has 0 fully saturated rings. The van der Waals surface area contributed by atoms with Gasteiger partial charge in [0.2, 0.25) is 0 Å². The van der Waals surface area contributed by atoms with E-state index < -0.39 is 5.91 Å². The molecule has 0 aliphatic carbocycles.